The first-order chi connectivity index (χ1) is 12.6. The monoisotopic (exact) mass is 374 g/mol. The number of nitrogens with zero attached hydrogens (tertiary/aromatic N) is 1. The lowest BCUT2D eigenvalue weighted by molar-refractivity contribution is -0.114. The van der Waals surface area contributed by atoms with Gasteiger partial charge in [-0.1, -0.05) is 19.1 Å². The van der Waals surface area contributed by atoms with Gasteiger partial charge in [-0.05, 0) is 23.6 Å². The topological polar surface area (TPSA) is 74.8 Å². The predicted octanol–water partition coefficient (Wildman–Crippen LogP) is 3.05. The fourth-order valence-corrected chi connectivity index (χ4v) is 3.13. The summed E-state index contributed by atoms with van der Waals surface area (Å²) in [5.74, 6) is 1.80. The Morgan fingerprint density at radius 1 is 1.27 bits per heavy atom. The number of amides is 1. The SMILES string of the molecule is CN=C(NCCOc1cccc(NC(C)=O)c1)NCC(C)c1cccs1. The molecule has 1 aromatic carbocycles. The Labute approximate surface area is 158 Å². The molecule has 1 heterocycles. The number of thiophene rings is 1. The van der Waals surface area contributed by atoms with Crippen molar-refractivity contribution in [3.8, 4) is 5.75 Å². The normalized spacial score (nSPS) is 12.3. The van der Waals surface area contributed by atoms with E-state index in [1.807, 2.05) is 18.2 Å². The van der Waals surface area contributed by atoms with E-state index in [-0.39, 0.29) is 5.91 Å². The smallest absolute Gasteiger partial charge is 0.221 e. The standard InChI is InChI=1S/C19H26N4O2S/c1-14(18-8-5-11-26-18)13-22-19(20-3)21-9-10-25-17-7-4-6-16(12-17)23-15(2)24/h4-8,11-12,14H,9-10,13H2,1-3H3,(H,23,24)(H2,20,21,22). The van der Waals surface area contributed by atoms with E-state index in [0.717, 1.165) is 18.2 Å². The second kappa shape index (κ2) is 10.5. The van der Waals surface area contributed by atoms with Crippen molar-refractivity contribution in [1.82, 2.24) is 10.6 Å². The molecule has 0 radical (unpaired) electrons. The summed E-state index contributed by atoms with van der Waals surface area (Å²) < 4.78 is 5.71. The Bertz CT molecular complexity index is 716. The Kier molecular flexibility index (Phi) is 7.95. The Morgan fingerprint density at radius 2 is 2.12 bits per heavy atom. The summed E-state index contributed by atoms with van der Waals surface area (Å²) in [5.41, 5.74) is 0.725. The van der Waals surface area contributed by atoms with Crippen LogP contribution in [0.2, 0.25) is 0 Å². The van der Waals surface area contributed by atoms with Crippen LogP contribution in [0.1, 0.15) is 24.6 Å². The summed E-state index contributed by atoms with van der Waals surface area (Å²) in [6.07, 6.45) is 0. The average molecular weight is 375 g/mol. The van der Waals surface area contributed by atoms with Crippen LogP contribution in [0, 0.1) is 0 Å². The molecule has 1 amide bonds. The number of aliphatic imine (C=N–C) groups is 1. The van der Waals surface area contributed by atoms with Gasteiger partial charge in [-0.15, -0.1) is 11.3 Å². The van der Waals surface area contributed by atoms with E-state index in [1.54, 1.807) is 24.5 Å². The number of benzene rings is 1. The maximum Gasteiger partial charge on any atom is 0.221 e. The first kappa shape index (κ1) is 19.8. The molecule has 0 fully saturated rings. The zero-order valence-electron chi connectivity index (χ0n) is 15.4. The van der Waals surface area contributed by atoms with E-state index in [2.05, 4.69) is 45.4 Å². The minimum Gasteiger partial charge on any atom is -0.492 e. The van der Waals surface area contributed by atoms with Gasteiger partial charge in [0, 0.05) is 43.1 Å². The number of guanidine groups is 1. The molecular formula is C19H26N4O2S. The van der Waals surface area contributed by atoms with Crippen LogP contribution < -0.4 is 20.7 Å². The molecule has 2 aromatic rings. The molecule has 1 unspecified atom stereocenters. The van der Waals surface area contributed by atoms with Gasteiger partial charge in [0.15, 0.2) is 5.96 Å². The van der Waals surface area contributed by atoms with Crippen molar-refractivity contribution in [2.24, 2.45) is 4.99 Å². The molecule has 0 aliphatic carbocycles. The molecule has 0 aliphatic rings. The molecule has 0 saturated carbocycles. The highest BCUT2D eigenvalue weighted by Crippen LogP contribution is 2.19. The number of carbonyl (C=O) groups excluding carboxylic acids is 1. The van der Waals surface area contributed by atoms with Crippen molar-refractivity contribution in [1.29, 1.82) is 0 Å². The van der Waals surface area contributed by atoms with Crippen LogP contribution in [-0.2, 0) is 4.79 Å². The molecule has 0 bridgehead atoms. The van der Waals surface area contributed by atoms with Crippen molar-refractivity contribution < 1.29 is 9.53 Å². The van der Waals surface area contributed by atoms with E-state index in [4.69, 9.17) is 4.74 Å². The Balaban J connectivity index is 1.70. The second-order valence-corrected chi connectivity index (χ2v) is 6.83. The first-order valence-corrected chi connectivity index (χ1v) is 9.45. The molecule has 0 aliphatic heterocycles. The predicted molar refractivity (Wildman–Crippen MR) is 108 cm³/mol. The van der Waals surface area contributed by atoms with Crippen molar-refractivity contribution in [2.45, 2.75) is 19.8 Å². The summed E-state index contributed by atoms with van der Waals surface area (Å²) in [6, 6.07) is 11.6. The summed E-state index contributed by atoms with van der Waals surface area (Å²) in [6.45, 7) is 5.61. The third-order valence-corrected chi connectivity index (χ3v) is 4.75. The number of carbonyl (C=O) groups is 1. The van der Waals surface area contributed by atoms with Gasteiger partial charge in [-0.25, -0.2) is 0 Å². The second-order valence-electron chi connectivity index (χ2n) is 5.85. The minimum atomic E-state index is -0.101. The molecular weight excluding hydrogens is 348 g/mol. The number of ether oxygens (including phenoxy) is 1. The van der Waals surface area contributed by atoms with Crippen LogP contribution in [0.15, 0.2) is 46.8 Å². The lowest BCUT2D eigenvalue weighted by Gasteiger charge is -2.15. The highest BCUT2D eigenvalue weighted by Gasteiger charge is 2.07. The molecule has 140 valence electrons. The molecule has 6 nitrogen and oxygen atoms in total. The van der Waals surface area contributed by atoms with E-state index in [1.165, 1.54) is 11.8 Å². The third kappa shape index (κ3) is 6.76. The third-order valence-electron chi connectivity index (χ3n) is 3.65. The summed E-state index contributed by atoms with van der Waals surface area (Å²) in [5, 5.41) is 11.4. The maximum atomic E-state index is 11.1. The van der Waals surface area contributed by atoms with Gasteiger partial charge in [0.1, 0.15) is 12.4 Å². The molecule has 1 aromatic heterocycles. The maximum absolute atomic E-state index is 11.1. The number of hydrogen-bond donors (Lipinski definition) is 3. The molecule has 2 rings (SSSR count). The van der Waals surface area contributed by atoms with Gasteiger partial charge in [0.25, 0.3) is 0 Å². The van der Waals surface area contributed by atoms with Gasteiger partial charge in [0.2, 0.25) is 5.91 Å². The summed E-state index contributed by atoms with van der Waals surface area (Å²) in [4.78, 5) is 16.7. The number of nitrogens with one attached hydrogen (secondary N) is 3. The lowest BCUT2D eigenvalue weighted by Crippen LogP contribution is -2.40. The Morgan fingerprint density at radius 3 is 2.81 bits per heavy atom. The van der Waals surface area contributed by atoms with Crippen molar-refractivity contribution in [3.63, 3.8) is 0 Å². The van der Waals surface area contributed by atoms with Gasteiger partial charge >= 0.3 is 0 Å². The number of hydrogen-bond acceptors (Lipinski definition) is 4. The Hall–Kier alpha value is -2.54. The first-order valence-electron chi connectivity index (χ1n) is 8.57. The van der Waals surface area contributed by atoms with Crippen LogP contribution in [0.25, 0.3) is 0 Å². The average Bonchev–Trinajstić information content (AvgIpc) is 3.15. The van der Waals surface area contributed by atoms with Crippen LogP contribution >= 0.6 is 11.3 Å². The minimum absolute atomic E-state index is 0.101. The molecule has 7 heteroatoms. The molecule has 3 N–H and O–H groups in total. The zero-order chi connectivity index (χ0) is 18.8. The molecule has 0 spiro atoms. The van der Waals surface area contributed by atoms with Crippen LogP contribution in [-0.4, -0.2) is 38.6 Å². The molecule has 1 atom stereocenters. The van der Waals surface area contributed by atoms with Crippen molar-refractivity contribution in [3.05, 3.63) is 46.7 Å². The highest BCUT2D eigenvalue weighted by atomic mass is 32.1. The summed E-state index contributed by atoms with van der Waals surface area (Å²) >= 11 is 1.77. The van der Waals surface area contributed by atoms with E-state index >= 15 is 0 Å². The van der Waals surface area contributed by atoms with Crippen LogP contribution in [0.5, 0.6) is 5.75 Å². The van der Waals surface area contributed by atoms with Gasteiger partial charge in [-0.3, -0.25) is 9.79 Å². The van der Waals surface area contributed by atoms with Gasteiger partial charge in [-0.2, -0.15) is 0 Å². The zero-order valence-corrected chi connectivity index (χ0v) is 16.2. The fourth-order valence-electron chi connectivity index (χ4n) is 2.35. The van der Waals surface area contributed by atoms with Crippen molar-refractivity contribution >= 4 is 28.9 Å². The quantitative estimate of drug-likeness (QED) is 0.377. The van der Waals surface area contributed by atoms with E-state index in [9.17, 15) is 4.79 Å². The number of anilines is 1. The molecule has 26 heavy (non-hydrogen) atoms. The van der Waals surface area contributed by atoms with E-state index < -0.39 is 0 Å². The summed E-state index contributed by atoms with van der Waals surface area (Å²) in [7, 11) is 1.75. The molecule has 0 saturated heterocycles. The van der Waals surface area contributed by atoms with Crippen LogP contribution in [0.3, 0.4) is 0 Å². The van der Waals surface area contributed by atoms with E-state index in [0.29, 0.717) is 24.8 Å². The lowest BCUT2D eigenvalue weighted by atomic mass is 10.1. The largest absolute Gasteiger partial charge is 0.492 e. The van der Waals surface area contributed by atoms with Crippen LogP contribution in [0.4, 0.5) is 5.69 Å². The fraction of sp³-hybridized carbons (Fsp3) is 0.368. The van der Waals surface area contributed by atoms with Gasteiger partial charge in [0.05, 0.1) is 6.54 Å². The number of rotatable bonds is 8. The van der Waals surface area contributed by atoms with Crippen molar-refractivity contribution in [2.75, 3.05) is 32.1 Å². The van der Waals surface area contributed by atoms with Gasteiger partial charge < -0.3 is 20.7 Å². The highest BCUT2D eigenvalue weighted by molar-refractivity contribution is 7.10.